The zero-order chi connectivity index (χ0) is 17.8. The van der Waals surface area contributed by atoms with Gasteiger partial charge < -0.3 is 4.90 Å². The van der Waals surface area contributed by atoms with Gasteiger partial charge in [0.15, 0.2) is 0 Å². The molecule has 0 bridgehead atoms. The molecule has 1 aliphatic heterocycles. The van der Waals surface area contributed by atoms with Crippen molar-refractivity contribution >= 4 is 17.5 Å². The first kappa shape index (κ1) is 17.4. The summed E-state index contributed by atoms with van der Waals surface area (Å²) in [6.45, 7) is 8.52. The van der Waals surface area contributed by atoms with Crippen LogP contribution in [0.25, 0.3) is 5.70 Å². The molecular formula is C23H23NS. The van der Waals surface area contributed by atoms with E-state index >= 15 is 0 Å². The maximum absolute atomic E-state index is 4.24. The molecule has 2 aromatic rings. The minimum atomic E-state index is 1.04. The minimum Gasteiger partial charge on any atom is -0.348 e. The Labute approximate surface area is 155 Å². The second kappa shape index (κ2) is 7.62. The molecule has 2 aromatic carbocycles. The van der Waals surface area contributed by atoms with Gasteiger partial charge in [-0.25, -0.2) is 0 Å². The summed E-state index contributed by atoms with van der Waals surface area (Å²) in [4.78, 5) is 4.52. The van der Waals surface area contributed by atoms with Crippen LogP contribution in [0.4, 0.5) is 0 Å². The van der Waals surface area contributed by atoms with E-state index in [2.05, 4.69) is 99.1 Å². The van der Waals surface area contributed by atoms with Gasteiger partial charge in [0.1, 0.15) is 0 Å². The Morgan fingerprint density at radius 2 is 1.64 bits per heavy atom. The summed E-state index contributed by atoms with van der Waals surface area (Å²) < 4.78 is 0. The van der Waals surface area contributed by atoms with Gasteiger partial charge in [0.05, 0.1) is 0 Å². The van der Waals surface area contributed by atoms with Crippen LogP contribution in [0, 0.1) is 6.92 Å². The molecule has 0 unspecified atom stereocenters. The van der Waals surface area contributed by atoms with Crippen molar-refractivity contribution in [1.82, 2.24) is 4.90 Å². The summed E-state index contributed by atoms with van der Waals surface area (Å²) >= 11 is 1.72. The predicted molar refractivity (Wildman–Crippen MR) is 110 cm³/mol. The van der Waals surface area contributed by atoms with Gasteiger partial charge in [0, 0.05) is 28.2 Å². The molecule has 0 saturated heterocycles. The lowest BCUT2D eigenvalue weighted by atomic mass is 10.0. The van der Waals surface area contributed by atoms with Crippen molar-refractivity contribution < 1.29 is 0 Å². The SMILES string of the molecule is C=C(/C=C1\C=C(C)N(C)C(c2ccccc2)=C1)Sc1ccccc1C. The molecule has 0 saturated carbocycles. The minimum absolute atomic E-state index is 1.04. The summed E-state index contributed by atoms with van der Waals surface area (Å²) in [6.07, 6.45) is 6.60. The van der Waals surface area contributed by atoms with E-state index in [9.17, 15) is 0 Å². The van der Waals surface area contributed by atoms with Crippen LogP contribution in [-0.4, -0.2) is 11.9 Å². The molecule has 0 amide bonds. The number of aryl methyl sites for hydroxylation is 1. The van der Waals surface area contributed by atoms with Gasteiger partial charge in [0.2, 0.25) is 0 Å². The third-order valence-electron chi connectivity index (χ3n) is 4.30. The number of rotatable bonds is 4. The lowest BCUT2D eigenvalue weighted by Gasteiger charge is -2.28. The molecule has 0 aromatic heterocycles. The first-order valence-corrected chi connectivity index (χ1v) is 9.19. The van der Waals surface area contributed by atoms with Gasteiger partial charge >= 0.3 is 0 Å². The Balaban J connectivity index is 1.87. The van der Waals surface area contributed by atoms with Crippen molar-refractivity contribution in [1.29, 1.82) is 0 Å². The quantitative estimate of drug-likeness (QED) is 0.588. The molecular weight excluding hydrogens is 322 g/mol. The van der Waals surface area contributed by atoms with Crippen LogP contribution in [0.1, 0.15) is 18.1 Å². The molecule has 0 N–H and O–H groups in total. The molecule has 1 nitrogen and oxygen atoms in total. The summed E-state index contributed by atoms with van der Waals surface area (Å²) in [5.74, 6) is 0. The van der Waals surface area contributed by atoms with Crippen molar-refractivity contribution in [2.24, 2.45) is 0 Å². The first-order chi connectivity index (χ1) is 12.0. The van der Waals surface area contributed by atoms with Crippen LogP contribution in [-0.2, 0) is 0 Å². The smallest absolute Gasteiger partial charge is 0.0485 e. The van der Waals surface area contributed by atoms with Gasteiger partial charge in [-0.2, -0.15) is 0 Å². The fraction of sp³-hybridized carbons (Fsp3) is 0.130. The molecule has 0 atom stereocenters. The largest absolute Gasteiger partial charge is 0.348 e. The summed E-state index contributed by atoms with van der Waals surface area (Å²) in [6, 6.07) is 18.9. The van der Waals surface area contributed by atoms with Crippen LogP contribution >= 0.6 is 11.8 Å². The van der Waals surface area contributed by atoms with Crippen LogP contribution in [0.3, 0.4) is 0 Å². The Kier molecular flexibility index (Phi) is 5.30. The van der Waals surface area contributed by atoms with Gasteiger partial charge in [0.25, 0.3) is 0 Å². The van der Waals surface area contributed by atoms with Crippen molar-refractivity contribution in [3.8, 4) is 0 Å². The summed E-state index contributed by atoms with van der Waals surface area (Å²) in [5, 5.41) is 0. The molecule has 0 aliphatic carbocycles. The number of hydrogen-bond donors (Lipinski definition) is 0. The lowest BCUT2D eigenvalue weighted by molar-refractivity contribution is 0.591. The Morgan fingerprint density at radius 3 is 2.36 bits per heavy atom. The molecule has 3 rings (SSSR count). The molecule has 0 spiro atoms. The monoisotopic (exact) mass is 345 g/mol. The molecule has 0 radical (unpaired) electrons. The van der Waals surface area contributed by atoms with E-state index < -0.39 is 0 Å². The predicted octanol–water partition coefficient (Wildman–Crippen LogP) is 6.42. The average molecular weight is 346 g/mol. The number of allylic oxidation sites excluding steroid dienone is 5. The third-order valence-corrected chi connectivity index (χ3v) is 5.36. The Hall–Kier alpha value is -2.45. The highest BCUT2D eigenvalue weighted by molar-refractivity contribution is 8.03. The van der Waals surface area contributed by atoms with Gasteiger partial charge in [-0.1, -0.05) is 66.9 Å². The average Bonchev–Trinajstić information content (AvgIpc) is 2.60. The highest BCUT2D eigenvalue weighted by Crippen LogP contribution is 2.33. The number of hydrogen-bond acceptors (Lipinski definition) is 2. The second-order valence-electron chi connectivity index (χ2n) is 6.22. The Bertz CT molecular complexity index is 872. The summed E-state index contributed by atoms with van der Waals surface area (Å²) in [5.41, 5.74) is 6.12. The molecule has 2 heteroatoms. The van der Waals surface area contributed by atoms with E-state index in [1.54, 1.807) is 11.8 Å². The molecule has 1 aliphatic rings. The number of thioether (sulfide) groups is 1. The van der Waals surface area contributed by atoms with Crippen molar-refractivity contribution in [3.05, 3.63) is 107 Å². The van der Waals surface area contributed by atoms with Crippen LogP contribution in [0.15, 0.2) is 100 Å². The lowest BCUT2D eigenvalue weighted by Crippen LogP contribution is -2.17. The molecule has 1 heterocycles. The van der Waals surface area contributed by atoms with E-state index in [1.165, 1.54) is 33.0 Å². The number of nitrogens with zero attached hydrogens (tertiary/aromatic N) is 1. The molecule has 126 valence electrons. The van der Waals surface area contributed by atoms with Gasteiger partial charge in [-0.15, -0.1) is 0 Å². The third kappa shape index (κ3) is 4.15. The highest BCUT2D eigenvalue weighted by Gasteiger charge is 2.14. The number of benzene rings is 2. The van der Waals surface area contributed by atoms with E-state index in [-0.39, 0.29) is 0 Å². The van der Waals surface area contributed by atoms with Gasteiger partial charge in [-0.3, -0.25) is 0 Å². The van der Waals surface area contributed by atoms with Crippen molar-refractivity contribution in [3.63, 3.8) is 0 Å². The topological polar surface area (TPSA) is 3.24 Å². The van der Waals surface area contributed by atoms with E-state index in [4.69, 9.17) is 0 Å². The van der Waals surface area contributed by atoms with E-state index in [1.807, 2.05) is 6.07 Å². The molecule has 0 fully saturated rings. The molecule has 25 heavy (non-hydrogen) atoms. The fourth-order valence-electron chi connectivity index (χ4n) is 2.82. The van der Waals surface area contributed by atoms with Crippen molar-refractivity contribution in [2.45, 2.75) is 18.7 Å². The first-order valence-electron chi connectivity index (χ1n) is 8.38. The maximum Gasteiger partial charge on any atom is 0.0485 e. The second-order valence-corrected chi connectivity index (χ2v) is 7.39. The fourth-order valence-corrected chi connectivity index (χ4v) is 3.67. The van der Waals surface area contributed by atoms with Crippen LogP contribution < -0.4 is 0 Å². The zero-order valence-corrected chi connectivity index (χ0v) is 15.8. The van der Waals surface area contributed by atoms with E-state index in [0.29, 0.717) is 0 Å². The van der Waals surface area contributed by atoms with Crippen molar-refractivity contribution in [2.75, 3.05) is 7.05 Å². The highest BCUT2D eigenvalue weighted by atomic mass is 32.2. The zero-order valence-electron chi connectivity index (χ0n) is 15.0. The van der Waals surface area contributed by atoms with Crippen LogP contribution in [0.2, 0.25) is 0 Å². The summed E-state index contributed by atoms with van der Waals surface area (Å²) in [7, 11) is 2.11. The normalized spacial score (nSPS) is 15.8. The Morgan fingerprint density at radius 1 is 0.960 bits per heavy atom. The van der Waals surface area contributed by atoms with Gasteiger partial charge in [-0.05, 0) is 54.8 Å². The van der Waals surface area contributed by atoms with E-state index in [0.717, 1.165) is 4.91 Å². The van der Waals surface area contributed by atoms with Crippen LogP contribution in [0.5, 0.6) is 0 Å². The standard InChI is InChI=1S/C23H23NS/c1-17-10-8-9-13-23(17)25-19(3)15-20-14-18(2)24(4)22(16-20)21-11-6-5-7-12-21/h5-16H,3H2,1-2,4H3/b20-15+. The maximum atomic E-state index is 4.24.